The van der Waals surface area contributed by atoms with Crippen molar-refractivity contribution in [2.75, 3.05) is 13.2 Å². The van der Waals surface area contributed by atoms with Crippen LogP contribution in [0.2, 0.25) is 0 Å². The smallest absolute Gasteiger partial charge is 0.307 e. The SMILES string of the molecule is CCOC(=O)C[C@@H](NCc1ccc(OCC2CC2)cc1)c1cccnc1. The average Bonchev–Trinajstić information content (AvgIpc) is 3.50. The fourth-order valence-corrected chi connectivity index (χ4v) is 2.72. The maximum Gasteiger partial charge on any atom is 0.307 e. The molecule has 1 heterocycles. The van der Waals surface area contributed by atoms with Crippen molar-refractivity contribution < 1.29 is 14.3 Å². The minimum atomic E-state index is -0.210. The largest absolute Gasteiger partial charge is 0.493 e. The molecule has 1 aliphatic rings. The lowest BCUT2D eigenvalue weighted by molar-refractivity contribution is -0.143. The molecule has 1 aromatic carbocycles. The van der Waals surface area contributed by atoms with Gasteiger partial charge in [0.25, 0.3) is 0 Å². The van der Waals surface area contributed by atoms with Crippen molar-refractivity contribution in [3.05, 3.63) is 59.9 Å². The van der Waals surface area contributed by atoms with Crippen molar-refractivity contribution in [1.82, 2.24) is 10.3 Å². The molecule has 5 nitrogen and oxygen atoms in total. The van der Waals surface area contributed by atoms with E-state index in [0.717, 1.165) is 29.4 Å². The van der Waals surface area contributed by atoms with Crippen LogP contribution in [-0.2, 0) is 16.1 Å². The number of nitrogens with one attached hydrogen (secondary N) is 1. The Hall–Kier alpha value is -2.40. The highest BCUT2D eigenvalue weighted by Crippen LogP contribution is 2.29. The van der Waals surface area contributed by atoms with Gasteiger partial charge in [-0.3, -0.25) is 9.78 Å². The van der Waals surface area contributed by atoms with Crippen LogP contribution < -0.4 is 10.1 Å². The molecule has 138 valence electrons. The van der Waals surface area contributed by atoms with Crippen molar-refractivity contribution >= 4 is 5.97 Å². The van der Waals surface area contributed by atoms with Gasteiger partial charge >= 0.3 is 5.97 Å². The number of hydrogen-bond acceptors (Lipinski definition) is 5. The molecule has 0 unspecified atom stereocenters. The van der Waals surface area contributed by atoms with E-state index < -0.39 is 0 Å². The summed E-state index contributed by atoms with van der Waals surface area (Å²) in [5.41, 5.74) is 2.12. The van der Waals surface area contributed by atoms with Gasteiger partial charge in [0.15, 0.2) is 0 Å². The van der Waals surface area contributed by atoms with Gasteiger partial charge in [-0.15, -0.1) is 0 Å². The van der Waals surface area contributed by atoms with Crippen molar-refractivity contribution in [1.29, 1.82) is 0 Å². The molecule has 0 saturated heterocycles. The van der Waals surface area contributed by atoms with Crippen LogP contribution in [0.25, 0.3) is 0 Å². The summed E-state index contributed by atoms with van der Waals surface area (Å²) in [4.78, 5) is 16.1. The summed E-state index contributed by atoms with van der Waals surface area (Å²) in [5, 5.41) is 3.44. The Bertz CT molecular complexity index is 684. The molecule has 1 fully saturated rings. The molecule has 3 rings (SSSR count). The van der Waals surface area contributed by atoms with Crippen molar-refractivity contribution in [2.45, 2.75) is 38.8 Å². The minimum Gasteiger partial charge on any atom is -0.493 e. The van der Waals surface area contributed by atoms with Crippen LogP contribution in [-0.4, -0.2) is 24.2 Å². The summed E-state index contributed by atoms with van der Waals surface area (Å²) >= 11 is 0. The van der Waals surface area contributed by atoms with Gasteiger partial charge in [0.1, 0.15) is 5.75 Å². The number of hydrogen-bond donors (Lipinski definition) is 1. The molecule has 0 aliphatic heterocycles. The van der Waals surface area contributed by atoms with Crippen LogP contribution in [0.3, 0.4) is 0 Å². The fraction of sp³-hybridized carbons (Fsp3) is 0.429. The molecule has 0 radical (unpaired) electrons. The predicted molar refractivity (Wildman–Crippen MR) is 99.7 cm³/mol. The molecule has 1 aliphatic carbocycles. The Balaban J connectivity index is 1.56. The van der Waals surface area contributed by atoms with E-state index in [2.05, 4.69) is 22.4 Å². The number of pyridine rings is 1. The lowest BCUT2D eigenvalue weighted by atomic mass is 10.1. The maximum atomic E-state index is 11.9. The lowest BCUT2D eigenvalue weighted by Crippen LogP contribution is -2.24. The molecule has 1 N–H and O–H groups in total. The number of carbonyl (C=O) groups excluding carboxylic acids is 1. The summed E-state index contributed by atoms with van der Waals surface area (Å²) in [5.74, 6) is 1.45. The van der Waals surface area contributed by atoms with Gasteiger partial charge in [0.2, 0.25) is 0 Å². The molecular weight excluding hydrogens is 328 g/mol. The monoisotopic (exact) mass is 354 g/mol. The second-order valence-corrected chi connectivity index (χ2v) is 6.63. The number of esters is 1. The van der Waals surface area contributed by atoms with Crippen LogP contribution in [0, 0.1) is 5.92 Å². The summed E-state index contributed by atoms with van der Waals surface area (Å²) < 4.78 is 10.9. The minimum absolute atomic E-state index is 0.131. The first-order valence-corrected chi connectivity index (χ1v) is 9.25. The number of nitrogens with zero attached hydrogens (tertiary/aromatic N) is 1. The summed E-state index contributed by atoms with van der Waals surface area (Å²) in [7, 11) is 0. The van der Waals surface area contributed by atoms with Crippen LogP contribution in [0.4, 0.5) is 0 Å². The highest BCUT2D eigenvalue weighted by molar-refractivity contribution is 5.70. The van der Waals surface area contributed by atoms with Crippen LogP contribution >= 0.6 is 0 Å². The van der Waals surface area contributed by atoms with Crippen molar-refractivity contribution in [3.63, 3.8) is 0 Å². The van der Waals surface area contributed by atoms with E-state index in [1.54, 1.807) is 12.4 Å². The number of aromatic nitrogens is 1. The zero-order valence-electron chi connectivity index (χ0n) is 15.2. The lowest BCUT2D eigenvalue weighted by Gasteiger charge is -2.18. The Labute approximate surface area is 154 Å². The van der Waals surface area contributed by atoms with Gasteiger partial charge in [-0.05, 0) is 55.0 Å². The van der Waals surface area contributed by atoms with Gasteiger partial charge in [-0.2, -0.15) is 0 Å². The molecule has 1 saturated carbocycles. The molecule has 0 amide bonds. The number of ether oxygens (including phenoxy) is 2. The van der Waals surface area contributed by atoms with Crippen molar-refractivity contribution in [2.24, 2.45) is 5.92 Å². The van der Waals surface area contributed by atoms with Gasteiger partial charge in [-0.1, -0.05) is 18.2 Å². The second kappa shape index (κ2) is 9.34. The third-order valence-electron chi connectivity index (χ3n) is 4.42. The zero-order chi connectivity index (χ0) is 18.2. The van der Waals surface area contributed by atoms with E-state index in [1.165, 1.54) is 12.8 Å². The summed E-state index contributed by atoms with van der Waals surface area (Å²) in [6.45, 7) is 3.68. The molecule has 5 heteroatoms. The van der Waals surface area contributed by atoms with E-state index in [9.17, 15) is 4.79 Å². The molecule has 1 aromatic heterocycles. The predicted octanol–water partition coefficient (Wildman–Crippen LogP) is 3.65. The highest BCUT2D eigenvalue weighted by atomic mass is 16.5. The molecule has 26 heavy (non-hydrogen) atoms. The zero-order valence-corrected chi connectivity index (χ0v) is 15.2. The third-order valence-corrected chi connectivity index (χ3v) is 4.42. The van der Waals surface area contributed by atoms with Crippen molar-refractivity contribution in [3.8, 4) is 5.75 Å². The standard InChI is InChI=1S/C21H26N2O3/c1-2-25-21(24)12-20(18-4-3-11-22-14-18)23-13-16-7-9-19(10-8-16)26-15-17-5-6-17/h3-4,7-11,14,17,20,23H,2,5-6,12-13,15H2,1H3/t20-/m1/s1. The Morgan fingerprint density at radius 1 is 1.27 bits per heavy atom. The number of rotatable bonds is 10. The molecule has 0 spiro atoms. The van der Waals surface area contributed by atoms with Gasteiger partial charge in [-0.25, -0.2) is 0 Å². The van der Waals surface area contributed by atoms with E-state index in [1.807, 2.05) is 31.2 Å². The fourth-order valence-electron chi connectivity index (χ4n) is 2.72. The Kier molecular flexibility index (Phi) is 6.61. The quantitative estimate of drug-likeness (QED) is 0.660. The van der Waals surface area contributed by atoms with E-state index in [-0.39, 0.29) is 18.4 Å². The van der Waals surface area contributed by atoms with Gasteiger partial charge in [0, 0.05) is 25.0 Å². The van der Waals surface area contributed by atoms with E-state index >= 15 is 0 Å². The Morgan fingerprint density at radius 3 is 2.73 bits per heavy atom. The van der Waals surface area contributed by atoms with Crippen LogP contribution in [0.15, 0.2) is 48.8 Å². The van der Waals surface area contributed by atoms with Crippen LogP contribution in [0.1, 0.15) is 43.4 Å². The first kappa shape index (κ1) is 18.4. The normalized spacial score (nSPS) is 14.7. The summed E-state index contributed by atoms with van der Waals surface area (Å²) in [6.07, 6.45) is 6.37. The topological polar surface area (TPSA) is 60.5 Å². The first-order chi connectivity index (χ1) is 12.7. The van der Waals surface area contributed by atoms with Crippen LogP contribution in [0.5, 0.6) is 5.75 Å². The maximum absolute atomic E-state index is 11.9. The number of benzene rings is 1. The van der Waals surface area contributed by atoms with Gasteiger partial charge < -0.3 is 14.8 Å². The molecular formula is C21H26N2O3. The number of carbonyl (C=O) groups is 1. The third kappa shape index (κ3) is 5.85. The Morgan fingerprint density at radius 2 is 2.08 bits per heavy atom. The molecule has 0 bridgehead atoms. The second-order valence-electron chi connectivity index (χ2n) is 6.63. The highest BCUT2D eigenvalue weighted by Gasteiger charge is 2.21. The van der Waals surface area contributed by atoms with E-state index in [0.29, 0.717) is 13.2 Å². The van der Waals surface area contributed by atoms with E-state index in [4.69, 9.17) is 9.47 Å². The average molecular weight is 354 g/mol. The molecule has 1 atom stereocenters. The molecule has 2 aromatic rings. The first-order valence-electron chi connectivity index (χ1n) is 9.25. The van der Waals surface area contributed by atoms with Gasteiger partial charge in [0.05, 0.1) is 19.6 Å². The summed E-state index contributed by atoms with van der Waals surface area (Å²) in [6, 6.07) is 11.8.